The third kappa shape index (κ3) is 2.96. The number of aromatic nitrogens is 2. The number of aromatic amines is 1. The topological polar surface area (TPSA) is 74.8 Å². The van der Waals surface area contributed by atoms with Gasteiger partial charge in [-0.3, -0.25) is 0 Å². The van der Waals surface area contributed by atoms with Gasteiger partial charge >= 0.3 is 5.76 Å². The van der Waals surface area contributed by atoms with E-state index in [0.717, 1.165) is 12.1 Å². The molecule has 2 rings (SSSR count). The van der Waals surface area contributed by atoms with Gasteiger partial charge in [-0.15, -0.1) is 0 Å². The Morgan fingerprint density at radius 1 is 1.25 bits per heavy atom. The van der Waals surface area contributed by atoms with Crippen LogP contribution >= 0.6 is 0 Å². The van der Waals surface area contributed by atoms with Crippen LogP contribution in [-0.2, 0) is 9.84 Å². The Labute approximate surface area is 115 Å². The molecule has 0 aliphatic heterocycles. The molecule has 1 aromatic carbocycles. The number of halogens is 2. The summed E-state index contributed by atoms with van der Waals surface area (Å²) in [6.07, 6.45) is 3.30. The first-order chi connectivity index (χ1) is 9.41. The Morgan fingerprint density at radius 3 is 2.40 bits per heavy atom. The highest BCUT2D eigenvalue weighted by Gasteiger charge is 2.26. The fourth-order valence-corrected chi connectivity index (χ4v) is 2.40. The molecule has 1 unspecified atom stereocenters. The highest BCUT2D eigenvalue weighted by Crippen LogP contribution is 2.22. The second-order valence-corrected chi connectivity index (χ2v) is 6.09. The number of hydrogen-bond donors (Lipinski definition) is 2. The summed E-state index contributed by atoms with van der Waals surface area (Å²) in [4.78, 5) is 6.62. The van der Waals surface area contributed by atoms with E-state index in [0.29, 0.717) is 11.5 Å². The predicted molar refractivity (Wildman–Crippen MR) is 70.3 cm³/mol. The molecule has 1 heterocycles. The molecule has 1 aromatic heterocycles. The zero-order chi connectivity index (χ0) is 14.8. The molecular weight excluding hydrogens is 288 g/mol. The average molecular weight is 301 g/mol. The summed E-state index contributed by atoms with van der Waals surface area (Å²) in [5, 5.41) is 3.08. The van der Waals surface area contributed by atoms with Crippen LogP contribution in [0.2, 0.25) is 0 Å². The molecule has 2 aromatic rings. The van der Waals surface area contributed by atoms with Crippen LogP contribution in [0.25, 0.3) is 0 Å². The quantitative estimate of drug-likeness (QED) is 0.890. The minimum atomic E-state index is -4.54. The van der Waals surface area contributed by atoms with E-state index in [1.165, 1.54) is 12.1 Å². The Kier molecular flexibility index (Phi) is 4.03. The smallest absolute Gasteiger partial charge is 0.341 e. The highest BCUT2D eigenvalue weighted by atomic mass is 32.2. The average Bonchev–Trinajstić information content (AvgIpc) is 2.93. The lowest BCUT2D eigenvalue weighted by atomic mass is 10.2. The molecule has 0 aliphatic rings. The molecule has 5 nitrogen and oxygen atoms in total. The molecule has 0 radical (unpaired) electrons. The van der Waals surface area contributed by atoms with Gasteiger partial charge in [0, 0.05) is 18.1 Å². The lowest BCUT2D eigenvalue weighted by Gasteiger charge is -2.13. The molecule has 0 bridgehead atoms. The van der Waals surface area contributed by atoms with Crippen LogP contribution < -0.4 is 5.32 Å². The van der Waals surface area contributed by atoms with Gasteiger partial charge in [0.1, 0.15) is 5.82 Å². The number of nitrogens with one attached hydrogen (secondary N) is 2. The number of alkyl halides is 2. The molecule has 0 saturated heterocycles. The molecule has 1 atom stereocenters. The normalized spacial score (nSPS) is 13.4. The lowest BCUT2D eigenvalue weighted by molar-refractivity contribution is 0.234. The van der Waals surface area contributed by atoms with Crippen LogP contribution in [0.15, 0.2) is 41.6 Å². The van der Waals surface area contributed by atoms with E-state index in [1.807, 2.05) is 6.92 Å². The summed E-state index contributed by atoms with van der Waals surface area (Å²) in [7, 11) is -4.54. The van der Waals surface area contributed by atoms with Gasteiger partial charge < -0.3 is 10.3 Å². The highest BCUT2D eigenvalue weighted by molar-refractivity contribution is 7.91. The van der Waals surface area contributed by atoms with Crippen molar-refractivity contribution in [3.8, 4) is 0 Å². The number of nitrogens with zero attached hydrogens (tertiary/aromatic N) is 1. The maximum atomic E-state index is 12.4. The second kappa shape index (κ2) is 5.58. The molecule has 8 heteroatoms. The van der Waals surface area contributed by atoms with E-state index in [-0.39, 0.29) is 6.04 Å². The van der Waals surface area contributed by atoms with Crippen molar-refractivity contribution in [1.82, 2.24) is 9.97 Å². The lowest BCUT2D eigenvalue weighted by Crippen LogP contribution is -2.12. The van der Waals surface area contributed by atoms with Crippen LogP contribution in [0, 0.1) is 0 Å². The molecule has 0 amide bonds. The van der Waals surface area contributed by atoms with Crippen molar-refractivity contribution in [3.63, 3.8) is 0 Å². The molecule has 0 aliphatic carbocycles. The van der Waals surface area contributed by atoms with Crippen molar-refractivity contribution in [2.45, 2.75) is 23.6 Å². The number of hydrogen-bond acceptors (Lipinski definition) is 4. The predicted octanol–water partition coefficient (Wildman–Crippen LogP) is 2.58. The summed E-state index contributed by atoms with van der Waals surface area (Å²) < 4.78 is 47.3. The van der Waals surface area contributed by atoms with Crippen LogP contribution in [0.4, 0.5) is 14.5 Å². The minimum absolute atomic E-state index is 0.123. The SMILES string of the molecule is CC(Nc1ccc(S(=O)(=O)C(F)F)cc1)c1ncc[nH]1. The summed E-state index contributed by atoms with van der Waals surface area (Å²) in [6, 6.07) is 5.06. The van der Waals surface area contributed by atoms with E-state index in [1.54, 1.807) is 12.4 Å². The first-order valence-electron chi connectivity index (χ1n) is 5.79. The summed E-state index contributed by atoms with van der Waals surface area (Å²) in [5.41, 5.74) is 0.613. The summed E-state index contributed by atoms with van der Waals surface area (Å²) >= 11 is 0. The Hall–Kier alpha value is -1.96. The third-order valence-electron chi connectivity index (χ3n) is 2.73. The van der Waals surface area contributed by atoms with Crippen molar-refractivity contribution in [1.29, 1.82) is 0 Å². The fraction of sp³-hybridized carbons (Fsp3) is 0.250. The molecular formula is C12H13F2N3O2S. The zero-order valence-electron chi connectivity index (χ0n) is 10.5. The second-order valence-electron chi connectivity index (χ2n) is 4.17. The van der Waals surface area contributed by atoms with Gasteiger partial charge in [-0.25, -0.2) is 13.4 Å². The van der Waals surface area contributed by atoms with Crippen molar-refractivity contribution < 1.29 is 17.2 Å². The molecule has 2 N–H and O–H groups in total. The van der Waals surface area contributed by atoms with Gasteiger partial charge in [-0.2, -0.15) is 8.78 Å². The first-order valence-corrected chi connectivity index (χ1v) is 7.34. The van der Waals surface area contributed by atoms with E-state index in [9.17, 15) is 17.2 Å². The minimum Gasteiger partial charge on any atom is -0.375 e. The van der Waals surface area contributed by atoms with Crippen molar-refractivity contribution in [2.75, 3.05) is 5.32 Å². The maximum Gasteiger partial charge on any atom is 0.341 e. The number of anilines is 1. The number of rotatable bonds is 5. The molecule has 0 saturated carbocycles. The van der Waals surface area contributed by atoms with E-state index in [4.69, 9.17) is 0 Å². The zero-order valence-corrected chi connectivity index (χ0v) is 11.4. The van der Waals surface area contributed by atoms with Gasteiger partial charge in [0.05, 0.1) is 10.9 Å². The number of sulfone groups is 1. The number of H-pyrrole nitrogens is 1. The van der Waals surface area contributed by atoms with Gasteiger partial charge in [0.2, 0.25) is 9.84 Å². The van der Waals surface area contributed by atoms with Crippen molar-refractivity contribution in [3.05, 3.63) is 42.5 Å². The maximum absolute atomic E-state index is 12.4. The monoisotopic (exact) mass is 301 g/mol. The van der Waals surface area contributed by atoms with Crippen LogP contribution in [0.3, 0.4) is 0 Å². The van der Waals surface area contributed by atoms with E-state index in [2.05, 4.69) is 15.3 Å². The fourth-order valence-electron chi connectivity index (χ4n) is 1.68. The summed E-state index contributed by atoms with van der Waals surface area (Å²) in [6.45, 7) is 1.86. The standard InChI is InChI=1S/C12H13F2N3O2S/c1-8(11-15-6-7-16-11)17-9-2-4-10(5-3-9)20(18,19)12(13)14/h2-8,12,17H,1H3,(H,15,16). The Morgan fingerprint density at radius 2 is 1.90 bits per heavy atom. The van der Waals surface area contributed by atoms with E-state index < -0.39 is 20.5 Å². The molecule has 0 fully saturated rings. The van der Waals surface area contributed by atoms with Crippen LogP contribution in [-0.4, -0.2) is 24.1 Å². The van der Waals surface area contributed by atoms with Crippen molar-refractivity contribution >= 4 is 15.5 Å². The number of benzene rings is 1. The molecule has 108 valence electrons. The van der Waals surface area contributed by atoms with Crippen LogP contribution in [0.1, 0.15) is 18.8 Å². The molecule has 0 spiro atoms. The third-order valence-corrected chi connectivity index (χ3v) is 4.13. The Balaban J connectivity index is 2.13. The van der Waals surface area contributed by atoms with Crippen molar-refractivity contribution in [2.24, 2.45) is 0 Å². The van der Waals surface area contributed by atoms with E-state index >= 15 is 0 Å². The number of imidazole rings is 1. The van der Waals surface area contributed by atoms with Gasteiger partial charge in [0.15, 0.2) is 0 Å². The Bertz CT molecular complexity index is 655. The largest absolute Gasteiger partial charge is 0.375 e. The van der Waals surface area contributed by atoms with Crippen LogP contribution in [0.5, 0.6) is 0 Å². The van der Waals surface area contributed by atoms with Gasteiger partial charge in [-0.1, -0.05) is 0 Å². The molecule has 20 heavy (non-hydrogen) atoms. The van der Waals surface area contributed by atoms with Gasteiger partial charge in [0.25, 0.3) is 0 Å². The first kappa shape index (κ1) is 14.4. The van der Waals surface area contributed by atoms with Gasteiger partial charge in [-0.05, 0) is 31.2 Å². The summed E-state index contributed by atoms with van der Waals surface area (Å²) in [5.74, 6) is -2.70.